The van der Waals surface area contributed by atoms with Crippen LogP contribution in [0.5, 0.6) is 5.75 Å². The summed E-state index contributed by atoms with van der Waals surface area (Å²) < 4.78 is 29.3. The van der Waals surface area contributed by atoms with Crippen LogP contribution >= 0.6 is 0 Å². The van der Waals surface area contributed by atoms with Gasteiger partial charge in [0.25, 0.3) is 0 Å². The molecule has 22 heavy (non-hydrogen) atoms. The highest BCUT2D eigenvalue weighted by atomic mass is 19.3. The SMILES string of the molecule is Cc1ccc(OC(F)F)c(CNC(=O)C2CCCC(N)C2)c1. The van der Waals surface area contributed by atoms with E-state index in [-0.39, 0.29) is 30.2 Å². The fraction of sp³-hybridized carbons (Fsp3) is 0.562. The molecule has 1 saturated carbocycles. The van der Waals surface area contributed by atoms with E-state index in [0.717, 1.165) is 24.8 Å². The predicted octanol–water partition coefficient (Wildman–Crippen LogP) is 2.73. The number of nitrogens with one attached hydrogen (secondary N) is 1. The third kappa shape index (κ3) is 4.66. The first kappa shape index (κ1) is 16.7. The van der Waals surface area contributed by atoms with Gasteiger partial charge in [0, 0.05) is 24.1 Å². The first-order valence-electron chi connectivity index (χ1n) is 7.53. The summed E-state index contributed by atoms with van der Waals surface area (Å²) in [6.45, 7) is -0.847. The molecule has 2 rings (SSSR count). The Bertz CT molecular complexity index is 523. The third-order valence-corrected chi connectivity index (χ3v) is 3.97. The van der Waals surface area contributed by atoms with E-state index in [0.29, 0.717) is 12.0 Å². The van der Waals surface area contributed by atoms with Gasteiger partial charge in [-0.15, -0.1) is 0 Å². The second-order valence-corrected chi connectivity index (χ2v) is 5.83. The van der Waals surface area contributed by atoms with Crippen LogP contribution in [0.4, 0.5) is 8.78 Å². The Labute approximate surface area is 129 Å². The number of carbonyl (C=O) groups is 1. The smallest absolute Gasteiger partial charge is 0.387 e. The lowest BCUT2D eigenvalue weighted by atomic mass is 9.85. The Balaban J connectivity index is 1.98. The molecule has 0 heterocycles. The molecule has 0 aromatic heterocycles. The number of amides is 1. The van der Waals surface area contributed by atoms with Crippen LogP contribution in [0.1, 0.15) is 36.8 Å². The Kier molecular flexibility index (Phi) is 5.71. The summed E-state index contributed by atoms with van der Waals surface area (Å²) in [7, 11) is 0. The monoisotopic (exact) mass is 312 g/mol. The molecule has 3 N–H and O–H groups in total. The van der Waals surface area contributed by atoms with Gasteiger partial charge in [-0.3, -0.25) is 4.79 Å². The molecule has 2 atom stereocenters. The number of benzene rings is 1. The van der Waals surface area contributed by atoms with Gasteiger partial charge in [-0.1, -0.05) is 24.1 Å². The largest absolute Gasteiger partial charge is 0.434 e. The van der Waals surface area contributed by atoms with Crippen LogP contribution in [0.3, 0.4) is 0 Å². The van der Waals surface area contributed by atoms with Gasteiger partial charge in [0.15, 0.2) is 0 Å². The molecular weight excluding hydrogens is 290 g/mol. The van der Waals surface area contributed by atoms with Crippen molar-refractivity contribution < 1.29 is 18.3 Å². The van der Waals surface area contributed by atoms with Crippen molar-refractivity contribution in [3.63, 3.8) is 0 Å². The maximum absolute atomic E-state index is 12.4. The molecule has 1 aliphatic carbocycles. The Morgan fingerprint density at radius 2 is 2.23 bits per heavy atom. The van der Waals surface area contributed by atoms with E-state index >= 15 is 0 Å². The van der Waals surface area contributed by atoms with Crippen LogP contribution in [0.15, 0.2) is 18.2 Å². The molecule has 6 heteroatoms. The van der Waals surface area contributed by atoms with Gasteiger partial charge in [0.1, 0.15) is 5.75 Å². The predicted molar refractivity (Wildman–Crippen MR) is 79.6 cm³/mol. The molecule has 1 fully saturated rings. The molecule has 1 aromatic rings. The number of rotatable bonds is 5. The van der Waals surface area contributed by atoms with Gasteiger partial charge in [-0.05, 0) is 32.3 Å². The van der Waals surface area contributed by atoms with E-state index in [1.165, 1.54) is 6.07 Å². The van der Waals surface area contributed by atoms with Crippen LogP contribution < -0.4 is 15.8 Å². The number of aryl methyl sites for hydroxylation is 1. The topological polar surface area (TPSA) is 64.3 Å². The highest BCUT2D eigenvalue weighted by Crippen LogP contribution is 2.25. The molecular formula is C16H22F2N2O2. The van der Waals surface area contributed by atoms with Gasteiger partial charge in [-0.2, -0.15) is 8.78 Å². The molecule has 4 nitrogen and oxygen atoms in total. The highest BCUT2D eigenvalue weighted by Gasteiger charge is 2.25. The van der Waals surface area contributed by atoms with Crippen LogP contribution in [-0.4, -0.2) is 18.6 Å². The Morgan fingerprint density at radius 3 is 2.91 bits per heavy atom. The lowest BCUT2D eigenvalue weighted by Crippen LogP contribution is -2.37. The molecule has 0 radical (unpaired) electrons. The van der Waals surface area contributed by atoms with Crippen LogP contribution in [0, 0.1) is 12.8 Å². The molecule has 1 amide bonds. The van der Waals surface area contributed by atoms with Crippen molar-refractivity contribution in [1.29, 1.82) is 0 Å². The lowest BCUT2D eigenvalue weighted by Gasteiger charge is -2.25. The maximum atomic E-state index is 12.4. The van der Waals surface area contributed by atoms with Crippen LogP contribution in [-0.2, 0) is 11.3 Å². The van der Waals surface area contributed by atoms with Crippen molar-refractivity contribution >= 4 is 5.91 Å². The third-order valence-electron chi connectivity index (χ3n) is 3.97. The van der Waals surface area contributed by atoms with Crippen molar-refractivity contribution in [2.24, 2.45) is 11.7 Å². The summed E-state index contributed by atoms with van der Waals surface area (Å²) in [5.41, 5.74) is 7.36. The molecule has 1 aromatic carbocycles. The lowest BCUT2D eigenvalue weighted by molar-refractivity contribution is -0.126. The summed E-state index contributed by atoms with van der Waals surface area (Å²) in [4.78, 5) is 12.2. The van der Waals surface area contributed by atoms with E-state index in [9.17, 15) is 13.6 Å². The zero-order valence-electron chi connectivity index (χ0n) is 12.6. The molecule has 0 aliphatic heterocycles. The van der Waals surface area contributed by atoms with E-state index < -0.39 is 6.61 Å². The van der Waals surface area contributed by atoms with Crippen molar-refractivity contribution in [2.75, 3.05) is 0 Å². The number of nitrogens with two attached hydrogens (primary N) is 1. The molecule has 0 bridgehead atoms. The van der Waals surface area contributed by atoms with Crippen molar-refractivity contribution in [3.8, 4) is 5.75 Å². The number of alkyl halides is 2. The van der Waals surface area contributed by atoms with E-state index in [2.05, 4.69) is 10.1 Å². The number of carbonyl (C=O) groups excluding carboxylic acids is 1. The van der Waals surface area contributed by atoms with Gasteiger partial charge < -0.3 is 15.8 Å². The summed E-state index contributed by atoms with van der Waals surface area (Å²) in [5, 5.41) is 2.81. The molecule has 2 unspecified atom stereocenters. The van der Waals surface area contributed by atoms with E-state index in [4.69, 9.17) is 5.73 Å². The van der Waals surface area contributed by atoms with Gasteiger partial charge >= 0.3 is 6.61 Å². The molecule has 1 aliphatic rings. The minimum absolute atomic E-state index is 0.0698. The first-order chi connectivity index (χ1) is 10.5. The fourth-order valence-electron chi connectivity index (χ4n) is 2.85. The average Bonchev–Trinajstić information content (AvgIpc) is 2.46. The minimum atomic E-state index is -2.88. The van der Waals surface area contributed by atoms with Crippen LogP contribution in [0.2, 0.25) is 0 Å². The summed E-state index contributed by atoms with van der Waals surface area (Å²) >= 11 is 0. The van der Waals surface area contributed by atoms with Crippen molar-refractivity contribution in [3.05, 3.63) is 29.3 Å². The molecule has 0 saturated heterocycles. The first-order valence-corrected chi connectivity index (χ1v) is 7.53. The zero-order valence-corrected chi connectivity index (χ0v) is 12.6. The van der Waals surface area contributed by atoms with Gasteiger partial charge in [0.2, 0.25) is 5.91 Å². The van der Waals surface area contributed by atoms with E-state index in [1.54, 1.807) is 12.1 Å². The molecule has 0 spiro atoms. The maximum Gasteiger partial charge on any atom is 0.387 e. The highest BCUT2D eigenvalue weighted by molar-refractivity contribution is 5.78. The summed E-state index contributed by atoms with van der Waals surface area (Å²) in [6, 6.07) is 5.01. The number of hydrogen-bond donors (Lipinski definition) is 2. The fourth-order valence-corrected chi connectivity index (χ4v) is 2.85. The summed E-state index contributed by atoms with van der Waals surface area (Å²) in [5.74, 6) is -0.0612. The normalized spacial score (nSPS) is 21.7. The van der Waals surface area contributed by atoms with Crippen molar-refractivity contribution in [1.82, 2.24) is 5.32 Å². The van der Waals surface area contributed by atoms with Gasteiger partial charge in [0.05, 0.1) is 0 Å². The Morgan fingerprint density at radius 1 is 1.45 bits per heavy atom. The Hall–Kier alpha value is -1.69. The minimum Gasteiger partial charge on any atom is -0.434 e. The van der Waals surface area contributed by atoms with Crippen LogP contribution in [0.25, 0.3) is 0 Å². The second kappa shape index (κ2) is 7.54. The standard InChI is InChI=1S/C16H22F2N2O2/c1-10-5-6-14(22-16(17)18)12(7-10)9-20-15(21)11-3-2-4-13(19)8-11/h5-7,11,13,16H,2-4,8-9,19H2,1H3,(H,20,21). The number of halogens is 2. The van der Waals surface area contributed by atoms with E-state index in [1.807, 2.05) is 6.92 Å². The zero-order chi connectivity index (χ0) is 16.1. The number of ether oxygens (including phenoxy) is 1. The molecule has 122 valence electrons. The number of hydrogen-bond acceptors (Lipinski definition) is 3. The van der Waals surface area contributed by atoms with Gasteiger partial charge in [-0.25, -0.2) is 0 Å². The quantitative estimate of drug-likeness (QED) is 0.878. The second-order valence-electron chi connectivity index (χ2n) is 5.83. The van der Waals surface area contributed by atoms with Crippen molar-refractivity contribution in [2.45, 2.75) is 51.8 Å². The summed E-state index contributed by atoms with van der Waals surface area (Å²) in [6.07, 6.45) is 3.41. The average molecular weight is 312 g/mol.